The summed E-state index contributed by atoms with van der Waals surface area (Å²) in [5.41, 5.74) is 3.79. The first-order valence-electron chi connectivity index (χ1n) is 8.45. The van der Waals surface area contributed by atoms with Crippen LogP contribution in [0.25, 0.3) is 22.0 Å². The van der Waals surface area contributed by atoms with Crippen molar-refractivity contribution in [2.75, 3.05) is 0 Å². The molecule has 0 bridgehead atoms. The highest BCUT2D eigenvalue weighted by atomic mass is 32.1. The van der Waals surface area contributed by atoms with Crippen LogP contribution >= 0.6 is 11.3 Å². The first-order valence-corrected chi connectivity index (χ1v) is 9.33. The number of aromatic nitrogens is 6. The normalized spacial score (nSPS) is 12.2. The maximum absolute atomic E-state index is 4.50. The molecule has 0 saturated heterocycles. The first kappa shape index (κ1) is 16.5. The molecule has 130 valence electrons. The van der Waals surface area contributed by atoms with Gasteiger partial charge in [-0.2, -0.15) is 0 Å². The molecule has 0 aliphatic rings. The molecule has 4 aromatic rings. The summed E-state index contributed by atoms with van der Waals surface area (Å²) in [5.74, 6) is 0.728. The topological polar surface area (TPSA) is 69.4 Å². The summed E-state index contributed by atoms with van der Waals surface area (Å²) in [6.45, 7) is 4.19. The van der Waals surface area contributed by atoms with Crippen LogP contribution in [0.3, 0.4) is 0 Å². The molecule has 0 saturated carbocycles. The number of aryl methyl sites for hydroxylation is 1. The van der Waals surface area contributed by atoms with Crippen LogP contribution in [-0.4, -0.2) is 29.9 Å². The van der Waals surface area contributed by atoms with E-state index in [0.717, 1.165) is 34.1 Å². The van der Waals surface area contributed by atoms with Gasteiger partial charge < -0.3 is 0 Å². The SMILES string of the molecule is CCC(c1cc(C)ccn1)n1cc(-c2cnc(-c3cccs3)nc2)nn1. The van der Waals surface area contributed by atoms with Crippen LogP contribution in [0.5, 0.6) is 0 Å². The van der Waals surface area contributed by atoms with Gasteiger partial charge in [0.1, 0.15) is 5.69 Å². The molecular weight excluding hydrogens is 344 g/mol. The minimum atomic E-state index is 0.0578. The Morgan fingerprint density at radius 2 is 2.00 bits per heavy atom. The molecular formula is C19H18N6S. The highest BCUT2D eigenvalue weighted by molar-refractivity contribution is 7.13. The van der Waals surface area contributed by atoms with Crippen LogP contribution in [-0.2, 0) is 0 Å². The second-order valence-corrected chi connectivity index (χ2v) is 6.99. The molecule has 0 radical (unpaired) electrons. The van der Waals surface area contributed by atoms with E-state index in [1.54, 1.807) is 23.7 Å². The molecule has 7 heteroatoms. The van der Waals surface area contributed by atoms with Crippen molar-refractivity contribution in [1.29, 1.82) is 0 Å². The van der Waals surface area contributed by atoms with Crippen molar-refractivity contribution in [3.8, 4) is 22.0 Å². The van der Waals surface area contributed by atoms with Gasteiger partial charge in [0, 0.05) is 24.2 Å². The lowest BCUT2D eigenvalue weighted by Gasteiger charge is -2.14. The highest BCUT2D eigenvalue weighted by Gasteiger charge is 2.16. The first-order chi connectivity index (χ1) is 12.7. The number of pyridine rings is 1. The van der Waals surface area contributed by atoms with Gasteiger partial charge >= 0.3 is 0 Å². The summed E-state index contributed by atoms with van der Waals surface area (Å²) in [4.78, 5) is 14.5. The second kappa shape index (κ2) is 7.13. The quantitative estimate of drug-likeness (QED) is 0.533. The summed E-state index contributed by atoms with van der Waals surface area (Å²) >= 11 is 1.62. The Bertz CT molecular complexity index is 991. The average molecular weight is 362 g/mol. The zero-order valence-corrected chi connectivity index (χ0v) is 15.4. The number of nitrogens with zero attached hydrogens (tertiary/aromatic N) is 6. The molecule has 0 spiro atoms. The van der Waals surface area contributed by atoms with Gasteiger partial charge in [-0.3, -0.25) is 4.98 Å². The summed E-state index contributed by atoms with van der Waals surface area (Å²) in [7, 11) is 0. The Labute approximate surface area is 155 Å². The molecule has 1 atom stereocenters. The molecule has 0 aromatic carbocycles. The predicted octanol–water partition coefficient (Wildman–Crippen LogP) is 4.17. The van der Waals surface area contributed by atoms with E-state index in [9.17, 15) is 0 Å². The van der Waals surface area contributed by atoms with E-state index in [0.29, 0.717) is 0 Å². The molecule has 26 heavy (non-hydrogen) atoms. The van der Waals surface area contributed by atoms with Gasteiger partial charge in [-0.15, -0.1) is 16.4 Å². The van der Waals surface area contributed by atoms with Crippen molar-refractivity contribution in [2.45, 2.75) is 26.3 Å². The summed E-state index contributed by atoms with van der Waals surface area (Å²) in [6.07, 6.45) is 8.24. The van der Waals surface area contributed by atoms with E-state index in [1.807, 2.05) is 40.7 Å². The Morgan fingerprint density at radius 1 is 1.15 bits per heavy atom. The van der Waals surface area contributed by atoms with Crippen molar-refractivity contribution in [2.24, 2.45) is 0 Å². The van der Waals surface area contributed by atoms with Gasteiger partial charge in [0.25, 0.3) is 0 Å². The predicted molar refractivity (Wildman–Crippen MR) is 102 cm³/mol. The number of hydrogen-bond donors (Lipinski definition) is 0. The van der Waals surface area contributed by atoms with E-state index < -0.39 is 0 Å². The monoisotopic (exact) mass is 362 g/mol. The Hall–Kier alpha value is -2.93. The van der Waals surface area contributed by atoms with E-state index in [4.69, 9.17) is 0 Å². The number of thiophene rings is 1. The van der Waals surface area contributed by atoms with Gasteiger partial charge in [-0.25, -0.2) is 14.6 Å². The zero-order valence-electron chi connectivity index (χ0n) is 14.6. The van der Waals surface area contributed by atoms with E-state index in [2.05, 4.69) is 45.2 Å². The standard InChI is InChI=1S/C19H18N6S/c1-3-17(15-9-13(2)6-7-20-15)25-12-16(23-24-25)14-10-21-19(22-11-14)18-5-4-8-26-18/h4-12,17H,3H2,1-2H3. The van der Waals surface area contributed by atoms with Crippen molar-refractivity contribution in [3.63, 3.8) is 0 Å². The Kier molecular flexibility index (Phi) is 4.53. The molecule has 6 nitrogen and oxygen atoms in total. The van der Waals surface area contributed by atoms with Crippen molar-refractivity contribution < 1.29 is 0 Å². The van der Waals surface area contributed by atoms with Gasteiger partial charge in [0.2, 0.25) is 0 Å². The van der Waals surface area contributed by atoms with Crippen molar-refractivity contribution in [1.82, 2.24) is 29.9 Å². The minimum Gasteiger partial charge on any atom is -0.259 e. The van der Waals surface area contributed by atoms with Crippen molar-refractivity contribution in [3.05, 3.63) is 65.7 Å². The molecule has 1 unspecified atom stereocenters. The van der Waals surface area contributed by atoms with Crippen molar-refractivity contribution >= 4 is 11.3 Å². The van der Waals surface area contributed by atoms with Crippen LogP contribution in [0.15, 0.2) is 54.4 Å². The van der Waals surface area contributed by atoms with Crippen LogP contribution in [0.4, 0.5) is 0 Å². The molecule has 4 rings (SSSR count). The molecule has 0 aliphatic carbocycles. The summed E-state index contributed by atoms with van der Waals surface area (Å²) in [5, 5.41) is 10.6. The number of rotatable bonds is 5. The van der Waals surface area contributed by atoms with Gasteiger partial charge in [0.15, 0.2) is 5.82 Å². The van der Waals surface area contributed by atoms with E-state index in [-0.39, 0.29) is 6.04 Å². The molecule has 0 amide bonds. The average Bonchev–Trinajstić information content (AvgIpc) is 3.35. The smallest absolute Gasteiger partial charge is 0.169 e. The van der Waals surface area contributed by atoms with Gasteiger partial charge in [-0.1, -0.05) is 18.2 Å². The molecule has 0 N–H and O–H groups in total. The van der Waals surface area contributed by atoms with Crippen LogP contribution in [0.2, 0.25) is 0 Å². The lowest BCUT2D eigenvalue weighted by atomic mass is 10.1. The minimum absolute atomic E-state index is 0.0578. The molecule has 0 fully saturated rings. The Morgan fingerprint density at radius 3 is 2.69 bits per heavy atom. The highest BCUT2D eigenvalue weighted by Crippen LogP contribution is 2.24. The second-order valence-electron chi connectivity index (χ2n) is 6.04. The third-order valence-electron chi connectivity index (χ3n) is 4.18. The largest absolute Gasteiger partial charge is 0.259 e. The van der Waals surface area contributed by atoms with Crippen LogP contribution in [0, 0.1) is 6.92 Å². The third kappa shape index (κ3) is 3.25. The Balaban J connectivity index is 1.61. The van der Waals surface area contributed by atoms with E-state index in [1.165, 1.54) is 5.56 Å². The fraction of sp³-hybridized carbons (Fsp3) is 0.211. The summed E-state index contributed by atoms with van der Waals surface area (Å²) in [6, 6.07) is 8.15. The lowest BCUT2D eigenvalue weighted by molar-refractivity contribution is 0.482. The fourth-order valence-corrected chi connectivity index (χ4v) is 3.50. The fourth-order valence-electron chi connectivity index (χ4n) is 2.83. The van der Waals surface area contributed by atoms with Gasteiger partial charge in [0.05, 0.1) is 22.8 Å². The van der Waals surface area contributed by atoms with Gasteiger partial charge in [-0.05, 0) is 42.5 Å². The maximum atomic E-state index is 4.50. The molecule has 4 aromatic heterocycles. The number of hydrogen-bond acceptors (Lipinski definition) is 6. The maximum Gasteiger partial charge on any atom is 0.169 e. The zero-order chi connectivity index (χ0) is 17.9. The lowest BCUT2D eigenvalue weighted by Crippen LogP contribution is -2.12. The van der Waals surface area contributed by atoms with Crippen LogP contribution < -0.4 is 0 Å². The third-order valence-corrected chi connectivity index (χ3v) is 5.05. The molecule has 4 heterocycles. The van der Waals surface area contributed by atoms with E-state index >= 15 is 0 Å². The summed E-state index contributed by atoms with van der Waals surface area (Å²) < 4.78 is 1.87. The van der Waals surface area contributed by atoms with Crippen LogP contribution in [0.1, 0.15) is 30.6 Å². The molecule has 0 aliphatic heterocycles.